The van der Waals surface area contributed by atoms with Gasteiger partial charge in [-0.15, -0.1) is 0 Å². The van der Waals surface area contributed by atoms with Gasteiger partial charge < -0.3 is 9.73 Å². The molecule has 35 heavy (non-hydrogen) atoms. The van der Waals surface area contributed by atoms with Crippen molar-refractivity contribution in [1.82, 2.24) is 19.6 Å². The molecule has 0 unspecified atom stereocenters. The van der Waals surface area contributed by atoms with E-state index in [0.29, 0.717) is 20.7 Å². The second-order valence-corrected chi connectivity index (χ2v) is 8.82. The molecule has 0 aliphatic heterocycles. The van der Waals surface area contributed by atoms with Crippen LogP contribution in [0.1, 0.15) is 46.1 Å². The number of furan rings is 1. The molecule has 0 saturated heterocycles. The average Bonchev–Trinajstić information content (AvgIpc) is 3.48. The molecule has 4 aromatic rings. The van der Waals surface area contributed by atoms with E-state index in [1.807, 2.05) is 12.1 Å². The maximum absolute atomic E-state index is 13.3. The Balaban J connectivity index is 1.48. The van der Waals surface area contributed by atoms with Crippen LogP contribution in [-0.4, -0.2) is 25.5 Å². The Morgan fingerprint density at radius 2 is 1.80 bits per heavy atom. The first kappa shape index (κ1) is 25.3. The Labute approximate surface area is 213 Å². The minimum atomic E-state index is -3.14. The third-order valence-corrected chi connectivity index (χ3v) is 6.14. The van der Waals surface area contributed by atoms with Crippen LogP contribution >= 0.6 is 39.1 Å². The molecule has 0 bridgehead atoms. The largest absolute Gasteiger partial charge is 0.454 e. The molecule has 0 aliphatic carbocycles. The minimum Gasteiger partial charge on any atom is -0.454 e. The molecule has 3 aromatic heterocycles. The van der Waals surface area contributed by atoms with Crippen molar-refractivity contribution < 1.29 is 26.8 Å². The fraction of sp³-hybridized carbons (Fsp3) is 0.190. The van der Waals surface area contributed by atoms with Crippen LogP contribution in [0.2, 0.25) is 10.0 Å². The van der Waals surface area contributed by atoms with Gasteiger partial charge in [0.05, 0.1) is 22.6 Å². The first-order valence-electron chi connectivity index (χ1n) is 9.82. The Kier molecular flexibility index (Phi) is 7.53. The standard InChI is InChI=1S/C21H14BrCl2F4N5O2/c22-12-9-32(7-10-3-1-2-4-13(10)23)31-20(12)29-21(34)14-6-5-11(35-14)8-33-17(19(27)28)15(24)16(30-33)18(25)26/h1-6,9,18-19H,7-8H2,(H,29,31,34). The molecule has 4 rings (SSSR count). The number of amides is 1. The lowest BCUT2D eigenvalue weighted by Crippen LogP contribution is -2.12. The quantitative estimate of drug-likeness (QED) is 0.224. The van der Waals surface area contributed by atoms with Crippen molar-refractivity contribution in [3.05, 3.63) is 85.6 Å². The second kappa shape index (κ2) is 10.4. The van der Waals surface area contributed by atoms with Crippen LogP contribution in [0.25, 0.3) is 0 Å². The summed E-state index contributed by atoms with van der Waals surface area (Å²) in [4.78, 5) is 12.6. The predicted molar refractivity (Wildman–Crippen MR) is 123 cm³/mol. The van der Waals surface area contributed by atoms with Crippen molar-refractivity contribution in [2.75, 3.05) is 5.32 Å². The zero-order chi connectivity index (χ0) is 25.3. The number of carbonyl (C=O) groups excluding carboxylic acids is 1. The van der Waals surface area contributed by atoms with Crippen molar-refractivity contribution >= 4 is 50.9 Å². The van der Waals surface area contributed by atoms with Gasteiger partial charge in [0.15, 0.2) is 11.6 Å². The normalized spacial score (nSPS) is 11.6. The van der Waals surface area contributed by atoms with Crippen LogP contribution in [0.5, 0.6) is 0 Å². The fourth-order valence-corrected chi connectivity index (χ4v) is 4.12. The van der Waals surface area contributed by atoms with Gasteiger partial charge >= 0.3 is 0 Å². The lowest BCUT2D eigenvalue weighted by atomic mass is 10.2. The number of hydrogen-bond acceptors (Lipinski definition) is 4. The number of carbonyl (C=O) groups is 1. The number of anilines is 1. The number of rotatable bonds is 8. The maximum atomic E-state index is 13.3. The molecular weight excluding hydrogens is 581 g/mol. The van der Waals surface area contributed by atoms with Crippen LogP contribution < -0.4 is 5.32 Å². The number of halogens is 7. The van der Waals surface area contributed by atoms with E-state index in [9.17, 15) is 22.4 Å². The Bertz CT molecular complexity index is 1370. The third kappa shape index (κ3) is 5.54. The summed E-state index contributed by atoms with van der Waals surface area (Å²) < 4.78 is 60.8. The van der Waals surface area contributed by atoms with E-state index in [0.717, 1.165) is 5.56 Å². The molecule has 0 fully saturated rings. The smallest absolute Gasteiger partial charge is 0.292 e. The van der Waals surface area contributed by atoms with Gasteiger partial charge in [-0.3, -0.25) is 14.2 Å². The van der Waals surface area contributed by atoms with Crippen molar-refractivity contribution in [2.45, 2.75) is 25.9 Å². The SMILES string of the molecule is O=C(Nc1nn(Cc2ccccc2Cl)cc1Br)c1ccc(Cn2nc(C(F)F)c(Cl)c2C(F)F)o1. The topological polar surface area (TPSA) is 77.9 Å². The van der Waals surface area contributed by atoms with Crippen LogP contribution in [0.3, 0.4) is 0 Å². The first-order valence-corrected chi connectivity index (χ1v) is 11.4. The van der Waals surface area contributed by atoms with Crippen molar-refractivity contribution in [1.29, 1.82) is 0 Å². The van der Waals surface area contributed by atoms with E-state index < -0.39 is 41.7 Å². The lowest BCUT2D eigenvalue weighted by Gasteiger charge is -2.05. The van der Waals surface area contributed by atoms with Gasteiger partial charge in [-0.1, -0.05) is 41.4 Å². The van der Waals surface area contributed by atoms with Gasteiger partial charge in [-0.2, -0.15) is 10.2 Å². The van der Waals surface area contributed by atoms with Gasteiger partial charge in [0.25, 0.3) is 18.8 Å². The number of hydrogen-bond donors (Lipinski definition) is 1. The Hall–Kier alpha value is -2.83. The van der Waals surface area contributed by atoms with E-state index in [1.54, 1.807) is 23.0 Å². The zero-order valence-corrected chi connectivity index (χ0v) is 20.5. The molecule has 0 spiro atoms. The van der Waals surface area contributed by atoms with Gasteiger partial charge in [0.1, 0.15) is 17.1 Å². The second-order valence-electron chi connectivity index (χ2n) is 7.18. The van der Waals surface area contributed by atoms with Crippen LogP contribution in [0.15, 0.2) is 51.5 Å². The molecule has 0 atom stereocenters. The summed E-state index contributed by atoms with van der Waals surface area (Å²) >= 11 is 15.1. The van der Waals surface area contributed by atoms with Crippen LogP contribution in [0, 0.1) is 0 Å². The summed E-state index contributed by atoms with van der Waals surface area (Å²) in [6.45, 7) is -0.0753. The van der Waals surface area contributed by atoms with E-state index in [4.69, 9.17) is 27.6 Å². The highest BCUT2D eigenvalue weighted by molar-refractivity contribution is 9.10. The number of alkyl halides is 4. The predicted octanol–water partition coefficient (Wildman–Crippen LogP) is 6.97. The molecule has 1 aromatic carbocycles. The molecule has 1 N–H and O–H groups in total. The number of aromatic nitrogens is 4. The average molecular weight is 595 g/mol. The van der Waals surface area contributed by atoms with Crippen molar-refractivity contribution in [3.63, 3.8) is 0 Å². The van der Waals surface area contributed by atoms with Gasteiger partial charge in [-0.05, 0) is 39.7 Å². The first-order chi connectivity index (χ1) is 16.6. The zero-order valence-electron chi connectivity index (χ0n) is 17.4. The molecule has 184 valence electrons. The fourth-order valence-electron chi connectivity index (χ4n) is 3.21. The van der Waals surface area contributed by atoms with Crippen molar-refractivity contribution in [2.24, 2.45) is 0 Å². The number of benzene rings is 1. The molecule has 7 nitrogen and oxygen atoms in total. The van der Waals surface area contributed by atoms with E-state index in [1.165, 1.54) is 12.1 Å². The highest BCUT2D eigenvalue weighted by atomic mass is 79.9. The van der Waals surface area contributed by atoms with Gasteiger partial charge in [0.2, 0.25) is 0 Å². The Morgan fingerprint density at radius 3 is 2.49 bits per heavy atom. The summed E-state index contributed by atoms with van der Waals surface area (Å²) in [5, 5.41) is 10.1. The van der Waals surface area contributed by atoms with Gasteiger partial charge in [0, 0.05) is 11.2 Å². The summed E-state index contributed by atoms with van der Waals surface area (Å²) in [6, 6.07) is 9.89. The molecule has 14 heteroatoms. The van der Waals surface area contributed by atoms with Crippen molar-refractivity contribution in [3.8, 4) is 0 Å². The maximum Gasteiger partial charge on any atom is 0.292 e. The summed E-state index contributed by atoms with van der Waals surface area (Å²) in [5.41, 5.74) is -0.990. The van der Waals surface area contributed by atoms with E-state index in [-0.39, 0.29) is 17.3 Å². The Morgan fingerprint density at radius 1 is 1.06 bits per heavy atom. The van der Waals surface area contributed by atoms with Crippen LogP contribution in [0.4, 0.5) is 23.4 Å². The molecular formula is C21H14BrCl2F4N5O2. The summed E-state index contributed by atoms with van der Waals surface area (Å²) in [5.74, 6) is -0.583. The molecule has 0 radical (unpaired) electrons. The summed E-state index contributed by atoms with van der Waals surface area (Å²) in [6.07, 6.45) is -4.62. The minimum absolute atomic E-state index is 0.0281. The highest BCUT2D eigenvalue weighted by Crippen LogP contribution is 2.35. The third-order valence-electron chi connectivity index (χ3n) is 4.80. The van der Waals surface area contributed by atoms with Gasteiger partial charge in [-0.25, -0.2) is 17.6 Å². The molecule has 3 heterocycles. The summed E-state index contributed by atoms with van der Waals surface area (Å²) in [7, 11) is 0. The number of nitrogens with zero attached hydrogens (tertiary/aromatic N) is 4. The molecule has 1 amide bonds. The van der Waals surface area contributed by atoms with E-state index in [2.05, 4.69) is 31.4 Å². The number of nitrogens with one attached hydrogen (secondary N) is 1. The highest BCUT2D eigenvalue weighted by Gasteiger charge is 2.28. The monoisotopic (exact) mass is 593 g/mol. The van der Waals surface area contributed by atoms with E-state index >= 15 is 0 Å². The molecule has 0 aliphatic rings. The van der Waals surface area contributed by atoms with Crippen LogP contribution in [-0.2, 0) is 13.1 Å². The molecule has 0 saturated carbocycles. The lowest BCUT2D eigenvalue weighted by molar-refractivity contribution is 0.0993.